The number of aliphatic imine (C=N–C) groups is 1. The molecular weight excluding hydrogens is 500 g/mol. The lowest BCUT2D eigenvalue weighted by atomic mass is 10.2. The van der Waals surface area contributed by atoms with Crippen LogP contribution in [0.3, 0.4) is 0 Å². The number of amides is 1. The molecule has 6 nitrogen and oxygen atoms in total. The molecule has 0 bridgehead atoms. The van der Waals surface area contributed by atoms with Crippen LogP contribution >= 0.6 is 43.6 Å². The summed E-state index contributed by atoms with van der Waals surface area (Å²) < 4.78 is 1.03. The zero-order chi connectivity index (χ0) is 19.7. The third kappa shape index (κ3) is 4.26. The normalized spacial score (nSPS) is 17.1. The molecule has 0 spiro atoms. The van der Waals surface area contributed by atoms with Gasteiger partial charge < -0.3 is 10.2 Å². The predicted octanol–water partition coefficient (Wildman–Crippen LogP) is 4.85. The van der Waals surface area contributed by atoms with Crippen molar-refractivity contribution in [2.24, 2.45) is 4.99 Å². The number of nitrogens with zero attached hydrogens (tertiary/aromatic N) is 2. The first kappa shape index (κ1) is 19.7. The summed E-state index contributed by atoms with van der Waals surface area (Å²) in [5, 5.41) is 19.2. The van der Waals surface area contributed by atoms with Gasteiger partial charge in [0.25, 0.3) is 5.91 Å². The summed E-state index contributed by atoms with van der Waals surface area (Å²) in [5.74, 6) is -1.11. The SMILES string of the molecule is CN1C(=O)/C(=C/c2cc(Br)c(O)c(Br)c2)SC1=Nc1ccc(C(=O)O)cc1. The molecule has 1 fully saturated rings. The van der Waals surface area contributed by atoms with Crippen LogP contribution in [0.5, 0.6) is 5.75 Å². The number of phenolic OH excluding ortho intramolecular Hbond substituents is 1. The minimum Gasteiger partial charge on any atom is -0.506 e. The van der Waals surface area contributed by atoms with E-state index in [0.717, 1.165) is 5.56 Å². The molecule has 0 radical (unpaired) electrons. The molecule has 1 aliphatic heterocycles. The van der Waals surface area contributed by atoms with E-state index in [2.05, 4.69) is 36.9 Å². The van der Waals surface area contributed by atoms with Crippen LogP contribution in [0.1, 0.15) is 15.9 Å². The number of hydrogen-bond acceptors (Lipinski definition) is 5. The molecule has 3 rings (SSSR count). The highest BCUT2D eigenvalue weighted by atomic mass is 79.9. The molecule has 2 aromatic rings. The van der Waals surface area contributed by atoms with Crippen LogP contribution in [-0.4, -0.2) is 39.2 Å². The molecule has 2 N–H and O–H groups in total. The largest absolute Gasteiger partial charge is 0.506 e. The van der Waals surface area contributed by atoms with E-state index in [0.29, 0.717) is 24.7 Å². The van der Waals surface area contributed by atoms with Crippen molar-refractivity contribution in [2.45, 2.75) is 0 Å². The number of halogens is 2. The van der Waals surface area contributed by atoms with Crippen LogP contribution in [0, 0.1) is 0 Å². The number of hydrogen-bond donors (Lipinski definition) is 2. The number of carboxylic acid groups (broad SMARTS) is 1. The smallest absolute Gasteiger partial charge is 0.335 e. The van der Waals surface area contributed by atoms with Gasteiger partial charge in [0.1, 0.15) is 5.75 Å². The number of carboxylic acids is 1. The third-order valence-electron chi connectivity index (χ3n) is 3.68. The Morgan fingerprint density at radius 1 is 1.19 bits per heavy atom. The second-order valence-corrected chi connectivity index (χ2v) is 8.27. The van der Waals surface area contributed by atoms with Crippen molar-refractivity contribution in [1.29, 1.82) is 0 Å². The molecule has 2 aromatic carbocycles. The van der Waals surface area contributed by atoms with Crippen molar-refractivity contribution in [2.75, 3.05) is 7.05 Å². The number of amidine groups is 1. The van der Waals surface area contributed by atoms with E-state index in [1.54, 1.807) is 37.4 Å². The van der Waals surface area contributed by atoms with Crippen molar-refractivity contribution in [3.05, 3.63) is 61.4 Å². The maximum atomic E-state index is 12.5. The molecule has 0 saturated carbocycles. The fourth-order valence-electron chi connectivity index (χ4n) is 2.26. The monoisotopic (exact) mass is 510 g/mol. The maximum Gasteiger partial charge on any atom is 0.335 e. The first-order valence-electron chi connectivity index (χ1n) is 7.54. The number of carbonyl (C=O) groups is 2. The van der Waals surface area contributed by atoms with Gasteiger partial charge in [0.15, 0.2) is 5.17 Å². The first-order valence-corrected chi connectivity index (χ1v) is 9.94. The molecule has 138 valence electrons. The molecule has 0 unspecified atom stereocenters. The standard InChI is InChI=1S/C18H12Br2N2O4S/c1-22-16(24)14(8-9-6-12(19)15(23)13(20)7-9)27-18(22)21-11-4-2-10(3-5-11)17(25)26/h2-8,23H,1H3,(H,25,26)/b14-8-,21-18?. The van der Waals surface area contributed by atoms with Crippen LogP contribution in [-0.2, 0) is 4.79 Å². The Hall–Kier alpha value is -2.10. The zero-order valence-corrected chi connectivity index (χ0v) is 17.8. The van der Waals surface area contributed by atoms with E-state index < -0.39 is 5.97 Å². The maximum absolute atomic E-state index is 12.5. The molecule has 9 heteroatoms. The fraction of sp³-hybridized carbons (Fsp3) is 0.0556. The highest BCUT2D eigenvalue weighted by molar-refractivity contribution is 9.11. The summed E-state index contributed by atoms with van der Waals surface area (Å²) in [6.07, 6.45) is 1.72. The van der Waals surface area contributed by atoms with Gasteiger partial charge in [-0.1, -0.05) is 0 Å². The highest BCUT2D eigenvalue weighted by Crippen LogP contribution is 2.37. The minimum absolute atomic E-state index is 0.0896. The lowest BCUT2D eigenvalue weighted by Crippen LogP contribution is -2.23. The van der Waals surface area contributed by atoms with Crippen molar-refractivity contribution < 1.29 is 19.8 Å². The van der Waals surface area contributed by atoms with E-state index in [1.807, 2.05) is 0 Å². The van der Waals surface area contributed by atoms with Gasteiger partial charge in [0.2, 0.25) is 0 Å². The topological polar surface area (TPSA) is 90.2 Å². The van der Waals surface area contributed by atoms with Gasteiger partial charge in [-0.05, 0) is 91.7 Å². The van der Waals surface area contributed by atoms with E-state index in [9.17, 15) is 14.7 Å². The van der Waals surface area contributed by atoms with Crippen LogP contribution in [0.15, 0.2) is 55.2 Å². The van der Waals surface area contributed by atoms with E-state index in [1.165, 1.54) is 28.8 Å². The highest BCUT2D eigenvalue weighted by Gasteiger charge is 2.30. The van der Waals surface area contributed by atoms with Crippen LogP contribution in [0.2, 0.25) is 0 Å². The van der Waals surface area contributed by atoms with E-state index in [4.69, 9.17) is 5.11 Å². The molecule has 0 aliphatic carbocycles. The van der Waals surface area contributed by atoms with Crippen molar-refractivity contribution in [3.8, 4) is 5.75 Å². The molecule has 0 aromatic heterocycles. The van der Waals surface area contributed by atoms with Gasteiger partial charge in [-0.25, -0.2) is 9.79 Å². The van der Waals surface area contributed by atoms with Crippen LogP contribution in [0.4, 0.5) is 5.69 Å². The number of aromatic carboxylic acids is 1. The second-order valence-electron chi connectivity index (χ2n) is 5.55. The average Bonchev–Trinajstić information content (AvgIpc) is 2.88. The van der Waals surface area contributed by atoms with Gasteiger partial charge in [-0.15, -0.1) is 0 Å². The van der Waals surface area contributed by atoms with Crippen LogP contribution in [0.25, 0.3) is 6.08 Å². The molecule has 1 saturated heterocycles. The number of carbonyl (C=O) groups excluding carboxylic acids is 1. The van der Waals surface area contributed by atoms with E-state index >= 15 is 0 Å². The van der Waals surface area contributed by atoms with Gasteiger partial charge >= 0.3 is 5.97 Å². The van der Waals surface area contributed by atoms with Gasteiger partial charge in [0, 0.05) is 7.05 Å². The summed E-state index contributed by atoms with van der Waals surface area (Å²) in [4.78, 5) is 29.8. The molecular formula is C18H12Br2N2O4S. The Morgan fingerprint density at radius 2 is 1.78 bits per heavy atom. The molecule has 0 atom stereocenters. The summed E-state index contributed by atoms with van der Waals surface area (Å²) in [5.41, 5.74) is 1.47. The van der Waals surface area contributed by atoms with Crippen LogP contribution < -0.4 is 0 Å². The lowest BCUT2D eigenvalue weighted by molar-refractivity contribution is -0.121. The average molecular weight is 512 g/mol. The van der Waals surface area contributed by atoms with Gasteiger partial charge in [-0.2, -0.15) is 0 Å². The second kappa shape index (κ2) is 7.87. The summed E-state index contributed by atoms with van der Waals surface area (Å²) >= 11 is 7.76. The quantitative estimate of drug-likeness (QED) is 0.575. The van der Waals surface area contributed by atoms with Crippen molar-refractivity contribution in [3.63, 3.8) is 0 Å². The first-order chi connectivity index (χ1) is 12.8. The summed E-state index contributed by atoms with van der Waals surface area (Å²) in [6, 6.07) is 9.52. The zero-order valence-electron chi connectivity index (χ0n) is 13.8. The number of aromatic hydroxyl groups is 1. The Kier molecular flexibility index (Phi) is 5.73. The molecule has 1 aliphatic rings. The minimum atomic E-state index is -1.01. The summed E-state index contributed by atoms with van der Waals surface area (Å²) in [6.45, 7) is 0. The number of likely N-dealkylation sites (N-methyl/N-ethyl adjacent to an activating group) is 1. The number of benzene rings is 2. The van der Waals surface area contributed by atoms with Crippen molar-refractivity contribution in [1.82, 2.24) is 4.90 Å². The number of phenols is 1. The number of thioether (sulfide) groups is 1. The predicted molar refractivity (Wildman–Crippen MR) is 112 cm³/mol. The molecule has 1 amide bonds. The number of rotatable bonds is 3. The lowest BCUT2D eigenvalue weighted by Gasteiger charge is -2.07. The Labute approximate surface area is 175 Å². The third-order valence-corrected chi connectivity index (χ3v) is 5.95. The fourth-order valence-corrected chi connectivity index (χ4v) is 4.47. The molecule has 1 heterocycles. The Morgan fingerprint density at radius 3 is 2.33 bits per heavy atom. The Bertz CT molecular complexity index is 980. The van der Waals surface area contributed by atoms with Gasteiger partial charge in [0.05, 0.1) is 25.1 Å². The van der Waals surface area contributed by atoms with E-state index in [-0.39, 0.29) is 17.2 Å². The summed E-state index contributed by atoms with van der Waals surface area (Å²) in [7, 11) is 1.63. The Balaban J connectivity index is 1.89. The van der Waals surface area contributed by atoms with Gasteiger partial charge in [-0.3, -0.25) is 9.69 Å². The van der Waals surface area contributed by atoms with Crippen molar-refractivity contribution >= 4 is 72.4 Å². The molecule has 27 heavy (non-hydrogen) atoms.